The van der Waals surface area contributed by atoms with Gasteiger partial charge in [-0.15, -0.1) is 0 Å². The molecule has 0 aliphatic rings. The molecule has 1 heterocycles. The van der Waals surface area contributed by atoms with Crippen LogP contribution < -0.4 is 43.4 Å². The number of H-pyrrole nitrogens is 1. The molecule has 18 heteroatoms. The van der Waals surface area contributed by atoms with Gasteiger partial charge in [-0.05, 0) is 50.2 Å². The van der Waals surface area contributed by atoms with Crippen molar-refractivity contribution < 1.29 is 39.0 Å². The summed E-state index contributed by atoms with van der Waals surface area (Å²) in [6.45, 7) is 6.68. The molecule has 1 aromatic heterocycles. The predicted octanol–water partition coefficient (Wildman–Crippen LogP) is 2.83. The average Bonchev–Trinajstić information content (AvgIpc) is 3.68. The number of benzene rings is 1. The first-order chi connectivity index (χ1) is 31.1. The molecule has 2 rings (SSSR count). The summed E-state index contributed by atoms with van der Waals surface area (Å²) in [7, 11) is 1.44. The third-order valence-electron chi connectivity index (χ3n) is 11.3. The van der Waals surface area contributed by atoms with Crippen LogP contribution in [0.5, 0.6) is 0 Å². The number of rotatable bonds is 34. The zero-order chi connectivity index (χ0) is 48.1. The Balaban J connectivity index is 2.19. The number of aliphatic hydroxyl groups is 2. The Morgan fingerprint density at radius 2 is 1.23 bits per heavy atom. The number of fused-ring (bicyclic) bond motifs is 1. The Morgan fingerprint density at radius 1 is 0.677 bits per heavy atom. The van der Waals surface area contributed by atoms with Gasteiger partial charge in [0.05, 0.1) is 12.7 Å². The topological polar surface area (TPSA) is 295 Å². The van der Waals surface area contributed by atoms with Gasteiger partial charge >= 0.3 is 0 Å². The predicted molar refractivity (Wildman–Crippen MR) is 254 cm³/mol. The number of guanidine groups is 1. The van der Waals surface area contributed by atoms with Gasteiger partial charge in [-0.2, -0.15) is 0 Å². The van der Waals surface area contributed by atoms with Crippen molar-refractivity contribution in [2.24, 2.45) is 22.4 Å². The number of nitrogens with one attached hydrogen (secondary N) is 7. The van der Waals surface area contributed by atoms with E-state index in [1.54, 1.807) is 6.20 Å². The molecule has 0 saturated heterocycles. The van der Waals surface area contributed by atoms with E-state index in [-0.39, 0.29) is 44.1 Å². The van der Waals surface area contributed by atoms with Gasteiger partial charge in [-0.1, -0.05) is 116 Å². The maximum atomic E-state index is 14.2. The van der Waals surface area contributed by atoms with Crippen molar-refractivity contribution in [3.05, 3.63) is 36.0 Å². The number of aromatic nitrogens is 1. The van der Waals surface area contributed by atoms with Gasteiger partial charge in [0.1, 0.15) is 30.2 Å². The summed E-state index contributed by atoms with van der Waals surface area (Å²) in [5, 5.41) is 37.3. The average molecular weight is 913 g/mol. The minimum atomic E-state index is -1.52. The van der Waals surface area contributed by atoms with Gasteiger partial charge in [0.25, 0.3) is 0 Å². The van der Waals surface area contributed by atoms with E-state index in [1.807, 2.05) is 38.1 Å². The summed E-state index contributed by atoms with van der Waals surface area (Å²) in [6, 6.07) is 0.874. The van der Waals surface area contributed by atoms with Crippen LogP contribution in [0.25, 0.3) is 10.9 Å². The Hall–Kier alpha value is -5.23. The molecule has 18 nitrogen and oxygen atoms in total. The SMILES string of the molecule is CCCCCCCCCCCCCCCC(=O)N[C@@H](CO)C(=O)N[C@@H](CCCN=C(N)N)C(=O)N[C@@H](Cc1c[nH]c2ccccc12)C(=O)N[C@H](C(=O)N[C@@H](CC(C)C)C(=O)NC)[C@@H](C)O. The van der Waals surface area contributed by atoms with Gasteiger partial charge < -0.3 is 58.6 Å². The van der Waals surface area contributed by atoms with Gasteiger partial charge in [0.15, 0.2) is 5.96 Å². The molecule has 13 N–H and O–H groups in total. The number of hydrogen-bond acceptors (Lipinski definition) is 9. The second kappa shape index (κ2) is 31.6. The highest BCUT2D eigenvalue weighted by atomic mass is 16.3. The molecular weight excluding hydrogens is 833 g/mol. The smallest absolute Gasteiger partial charge is 0.245 e. The first-order valence-electron chi connectivity index (χ1n) is 23.7. The van der Waals surface area contributed by atoms with Crippen molar-refractivity contribution >= 4 is 52.3 Å². The lowest BCUT2D eigenvalue weighted by molar-refractivity contribution is -0.136. The molecule has 0 fully saturated rings. The largest absolute Gasteiger partial charge is 0.394 e. The maximum Gasteiger partial charge on any atom is 0.245 e. The summed E-state index contributed by atoms with van der Waals surface area (Å²) in [4.78, 5) is 88.1. The first-order valence-corrected chi connectivity index (χ1v) is 23.7. The summed E-state index contributed by atoms with van der Waals surface area (Å²) in [5.74, 6) is -4.23. The summed E-state index contributed by atoms with van der Waals surface area (Å²) < 4.78 is 0. The first kappa shape index (κ1) is 55.9. The highest BCUT2D eigenvalue weighted by Crippen LogP contribution is 2.20. The number of carbonyl (C=O) groups excluding carboxylic acids is 6. The highest BCUT2D eigenvalue weighted by molar-refractivity contribution is 5.97. The van der Waals surface area contributed by atoms with E-state index < -0.39 is 78.4 Å². The number of carbonyl (C=O) groups is 6. The van der Waals surface area contributed by atoms with Crippen molar-refractivity contribution in [3.8, 4) is 0 Å². The van der Waals surface area contributed by atoms with E-state index in [0.717, 1.165) is 30.2 Å². The Labute approximate surface area is 385 Å². The number of nitrogens with two attached hydrogens (primary N) is 2. The molecule has 0 aliphatic heterocycles. The van der Waals surface area contributed by atoms with E-state index in [4.69, 9.17) is 11.5 Å². The number of unbranched alkanes of at least 4 members (excludes halogenated alkanes) is 12. The molecule has 1 aromatic carbocycles. The van der Waals surface area contributed by atoms with Crippen LogP contribution in [0.1, 0.15) is 142 Å². The third-order valence-corrected chi connectivity index (χ3v) is 11.3. The van der Waals surface area contributed by atoms with Crippen molar-refractivity contribution in [3.63, 3.8) is 0 Å². The number of likely N-dealkylation sites (N-methyl/N-ethyl adjacent to an activating group) is 1. The lowest BCUT2D eigenvalue weighted by Crippen LogP contribution is -2.61. The summed E-state index contributed by atoms with van der Waals surface area (Å²) in [6.07, 6.45) is 15.9. The quantitative estimate of drug-likeness (QED) is 0.0277. The summed E-state index contributed by atoms with van der Waals surface area (Å²) >= 11 is 0. The molecular formula is C47H80N10O8. The third kappa shape index (κ3) is 22.0. The number of hydrogen-bond donors (Lipinski definition) is 11. The zero-order valence-corrected chi connectivity index (χ0v) is 39.5. The number of para-hydroxylation sites is 1. The van der Waals surface area contributed by atoms with Crippen LogP contribution in [0.4, 0.5) is 0 Å². The fraction of sp³-hybridized carbons (Fsp3) is 0.681. The van der Waals surface area contributed by atoms with Gasteiger partial charge in [0, 0.05) is 43.5 Å². The molecule has 366 valence electrons. The van der Waals surface area contributed by atoms with Crippen LogP contribution in [0.3, 0.4) is 0 Å². The minimum Gasteiger partial charge on any atom is -0.394 e. The van der Waals surface area contributed by atoms with Crippen molar-refractivity contribution in [2.75, 3.05) is 20.2 Å². The Morgan fingerprint density at radius 3 is 1.80 bits per heavy atom. The lowest BCUT2D eigenvalue weighted by atomic mass is 10.0. The number of aromatic amines is 1. The molecule has 2 aromatic rings. The van der Waals surface area contributed by atoms with Crippen molar-refractivity contribution in [1.29, 1.82) is 0 Å². The van der Waals surface area contributed by atoms with E-state index in [9.17, 15) is 39.0 Å². The van der Waals surface area contributed by atoms with E-state index in [2.05, 4.69) is 48.8 Å². The van der Waals surface area contributed by atoms with Crippen LogP contribution in [0, 0.1) is 5.92 Å². The summed E-state index contributed by atoms with van der Waals surface area (Å²) in [5.41, 5.74) is 12.4. The van der Waals surface area contributed by atoms with E-state index in [1.165, 1.54) is 71.8 Å². The van der Waals surface area contributed by atoms with Crippen LogP contribution in [-0.2, 0) is 35.2 Å². The monoisotopic (exact) mass is 913 g/mol. The second-order valence-electron chi connectivity index (χ2n) is 17.5. The molecule has 6 amide bonds. The molecule has 0 spiro atoms. The number of amides is 6. The number of aliphatic hydroxyl groups excluding tert-OH is 2. The second-order valence-corrected chi connectivity index (χ2v) is 17.5. The zero-order valence-electron chi connectivity index (χ0n) is 39.5. The Kier molecular flexibility index (Phi) is 27.2. The molecule has 6 atom stereocenters. The maximum absolute atomic E-state index is 14.2. The van der Waals surface area contributed by atoms with Crippen LogP contribution in [0.2, 0.25) is 0 Å². The molecule has 0 saturated carbocycles. The van der Waals surface area contributed by atoms with E-state index >= 15 is 0 Å². The molecule has 0 aliphatic carbocycles. The number of aliphatic imine (C=N–C) groups is 1. The van der Waals surface area contributed by atoms with Crippen LogP contribution >= 0.6 is 0 Å². The van der Waals surface area contributed by atoms with Gasteiger partial charge in [0.2, 0.25) is 35.4 Å². The van der Waals surface area contributed by atoms with Crippen molar-refractivity contribution in [1.82, 2.24) is 36.9 Å². The van der Waals surface area contributed by atoms with Gasteiger partial charge in [-0.3, -0.25) is 33.8 Å². The van der Waals surface area contributed by atoms with E-state index in [0.29, 0.717) is 18.4 Å². The Bertz CT molecular complexity index is 1780. The molecule has 65 heavy (non-hydrogen) atoms. The minimum absolute atomic E-state index is 0.00370. The van der Waals surface area contributed by atoms with Crippen LogP contribution in [0.15, 0.2) is 35.5 Å². The van der Waals surface area contributed by atoms with Crippen molar-refractivity contribution in [2.45, 2.75) is 180 Å². The highest BCUT2D eigenvalue weighted by Gasteiger charge is 2.34. The molecule has 0 unspecified atom stereocenters. The molecule has 0 bridgehead atoms. The number of nitrogens with zero attached hydrogens (tertiary/aromatic N) is 1. The lowest BCUT2D eigenvalue weighted by Gasteiger charge is -2.28. The fourth-order valence-electron chi connectivity index (χ4n) is 7.61. The normalized spacial score (nSPS) is 14.0. The van der Waals surface area contributed by atoms with Gasteiger partial charge in [-0.25, -0.2) is 0 Å². The standard InChI is InChI=1S/C47H80N10O8/c1-6-7-8-9-10-11-12-13-14-15-16-17-18-25-40(60)53-39(30-58)45(64)54-36(24-21-26-51-47(48)49)43(62)55-38(28-33-29-52-35-23-20-19-22-34(33)35)44(63)57-41(32(4)59)46(65)56-37(27-31(2)3)42(61)50-5/h19-20,22-23,29,31-32,36-39,41,52,58-59H,6-18,21,24-28,30H2,1-5H3,(H,50,61)(H,53,60)(H,54,64)(H,55,62)(H,56,65)(H,57,63)(H4,48,49,51)/t32-,36+,37+,38+,39+,41+/m1/s1. The fourth-order valence-corrected chi connectivity index (χ4v) is 7.61. The van der Waals surface area contributed by atoms with Crippen LogP contribution in [-0.4, -0.2) is 113 Å². The molecule has 0 radical (unpaired) electrons.